The van der Waals surface area contributed by atoms with Crippen LogP contribution in [0.4, 0.5) is 0 Å². The molecule has 6 atom stereocenters. The summed E-state index contributed by atoms with van der Waals surface area (Å²) in [6.45, 7) is 16.5. The molecule has 0 saturated carbocycles. The Morgan fingerprint density at radius 3 is 2.44 bits per heavy atom. The number of ether oxygens (including phenoxy) is 1. The minimum atomic E-state index is -0.659. The number of fused-ring (bicyclic) bond motifs is 1. The molecule has 1 heterocycles. The second-order valence-electron chi connectivity index (χ2n) is 15.1. The highest BCUT2D eigenvalue weighted by atomic mass is 32.1. The van der Waals surface area contributed by atoms with Crippen LogP contribution in [0, 0.1) is 11.8 Å². The molecule has 1 aromatic carbocycles. The van der Waals surface area contributed by atoms with Gasteiger partial charge in [0.25, 0.3) is 5.91 Å². The van der Waals surface area contributed by atoms with E-state index in [4.69, 9.17) is 15.6 Å². The van der Waals surface area contributed by atoms with Crippen LogP contribution in [-0.4, -0.2) is 94.9 Å². The number of nitrogens with two attached hydrogens (primary N) is 1. The van der Waals surface area contributed by atoms with Gasteiger partial charge in [-0.05, 0) is 80.8 Å². The van der Waals surface area contributed by atoms with Gasteiger partial charge in [-0.3, -0.25) is 29.5 Å². The third-order valence-electron chi connectivity index (χ3n) is 10.3. The number of hydrazine groups is 1. The molecule has 6 N–H and O–H groups in total. The van der Waals surface area contributed by atoms with E-state index in [1.165, 1.54) is 11.3 Å². The first kappa shape index (κ1) is 44.8. The number of unbranched alkanes of at least 4 members (excludes halogenated alkanes) is 1. The third-order valence-corrected chi connectivity index (χ3v) is 11.3. The molecule has 3 rings (SSSR count). The molecule has 0 radical (unpaired) electrons. The number of benzene rings is 1. The smallest absolute Gasteiger partial charge is 0.270 e. The number of thiazole rings is 1. The largest absolute Gasteiger partial charge is 0.508 e. The van der Waals surface area contributed by atoms with Crippen LogP contribution in [-0.2, 0) is 25.5 Å². The van der Waals surface area contributed by atoms with Gasteiger partial charge < -0.3 is 25.4 Å². The molecular weight excluding hydrogens is 707 g/mol. The lowest BCUT2D eigenvalue weighted by atomic mass is 9.79. The van der Waals surface area contributed by atoms with Crippen molar-refractivity contribution >= 4 is 35.0 Å². The van der Waals surface area contributed by atoms with Crippen LogP contribution in [0.2, 0.25) is 0 Å². The van der Waals surface area contributed by atoms with Gasteiger partial charge >= 0.3 is 0 Å². The summed E-state index contributed by atoms with van der Waals surface area (Å²) in [6, 6.07) is 3.67. The lowest BCUT2D eigenvalue weighted by Crippen LogP contribution is -2.56. The SMILES string of the molecule is CCCCN(C)CC(=O)NC(C(=O)N(CCC)C(CC(OCCC)c1nc(C(=O)NC2Cc3ccc(O)cc3C(C(=O)NN)C2)cs1)C(C)C)C(C)CC. The molecule has 1 aliphatic rings. The van der Waals surface area contributed by atoms with E-state index in [1.54, 1.807) is 23.6 Å². The van der Waals surface area contributed by atoms with Crippen LogP contribution in [0.25, 0.3) is 0 Å². The quantitative estimate of drug-likeness (QED) is 0.0623. The molecule has 0 fully saturated rings. The van der Waals surface area contributed by atoms with Gasteiger partial charge in [-0.25, -0.2) is 10.8 Å². The number of hydrogen-bond acceptors (Lipinski definition) is 10. The molecule has 14 heteroatoms. The Morgan fingerprint density at radius 1 is 1.07 bits per heavy atom. The number of amides is 4. The van der Waals surface area contributed by atoms with Crippen molar-refractivity contribution in [2.24, 2.45) is 17.7 Å². The number of rotatable bonds is 22. The van der Waals surface area contributed by atoms with Gasteiger partial charge in [0.15, 0.2) is 0 Å². The van der Waals surface area contributed by atoms with Crippen molar-refractivity contribution < 1.29 is 29.0 Å². The molecule has 0 aliphatic heterocycles. The fraction of sp³-hybridized carbons (Fsp3) is 0.675. The average Bonchev–Trinajstić information content (AvgIpc) is 3.65. The Bertz CT molecular complexity index is 1520. The summed E-state index contributed by atoms with van der Waals surface area (Å²) >= 11 is 1.35. The number of carbonyl (C=O) groups is 4. The van der Waals surface area contributed by atoms with Gasteiger partial charge in [-0.1, -0.05) is 67.4 Å². The lowest BCUT2D eigenvalue weighted by molar-refractivity contribution is -0.142. The molecule has 0 bridgehead atoms. The van der Waals surface area contributed by atoms with E-state index in [0.717, 1.165) is 44.2 Å². The molecule has 1 aromatic heterocycles. The summed E-state index contributed by atoms with van der Waals surface area (Å²) in [5.74, 6) is 3.92. The lowest BCUT2D eigenvalue weighted by Gasteiger charge is -2.39. The van der Waals surface area contributed by atoms with Crippen molar-refractivity contribution in [3.05, 3.63) is 45.4 Å². The molecule has 0 spiro atoms. The van der Waals surface area contributed by atoms with Crippen LogP contribution in [0.1, 0.15) is 132 Å². The number of phenols is 1. The maximum Gasteiger partial charge on any atom is 0.270 e. The topological polar surface area (TPSA) is 179 Å². The van der Waals surface area contributed by atoms with Gasteiger partial charge in [0.1, 0.15) is 28.6 Å². The number of hydrogen-bond donors (Lipinski definition) is 5. The maximum absolute atomic E-state index is 14.5. The zero-order valence-corrected chi connectivity index (χ0v) is 34.5. The number of carbonyl (C=O) groups excluding carboxylic acids is 4. The first-order valence-corrected chi connectivity index (χ1v) is 20.6. The standard InChI is InChI=1S/C40H65N7O6S/c1-9-13-17-46(8)23-35(49)44-36(26(7)12-4)40(52)47(16-10-2)33(25(5)6)22-34(53-18-11-3)39-43-32(24-54-39)38(51)42-28-19-27-14-15-29(48)21-30(27)31(20-28)37(50)45-41/h14-15,21,24-26,28,31,33-34,36,48H,9-13,16-20,22-23,41H2,1-8H3,(H,42,51)(H,44,49)(H,45,50). The van der Waals surface area contributed by atoms with Crippen molar-refractivity contribution in [2.45, 2.75) is 130 Å². The van der Waals surface area contributed by atoms with Crippen molar-refractivity contribution in [1.29, 1.82) is 0 Å². The van der Waals surface area contributed by atoms with Crippen LogP contribution in [0.5, 0.6) is 5.75 Å². The molecule has 6 unspecified atom stereocenters. The van der Waals surface area contributed by atoms with Crippen LogP contribution < -0.4 is 21.9 Å². The van der Waals surface area contributed by atoms with Crippen LogP contribution >= 0.6 is 11.3 Å². The molecule has 13 nitrogen and oxygen atoms in total. The first-order chi connectivity index (χ1) is 25.8. The monoisotopic (exact) mass is 771 g/mol. The van der Waals surface area contributed by atoms with E-state index < -0.39 is 24.0 Å². The molecule has 2 aromatic rings. The minimum absolute atomic E-state index is 0.0612. The Kier molecular flexibility index (Phi) is 18.3. The number of phenolic OH excluding ortho intramolecular Hbond substituents is 1. The molecule has 1 aliphatic carbocycles. The number of likely N-dealkylation sites (N-methyl/N-ethyl adjacent to an activating group) is 1. The molecule has 54 heavy (non-hydrogen) atoms. The van der Waals surface area contributed by atoms with Gasteiger partial charge in [-0.2, -0.15) is 0 Å². The summed E-state index contributed by atoms with van der Waals surface area (Å²) in [5.41, 5.74) is 4.01. The fourth-order valence-corrected chi connectivity index (χ4v) is 7.96. The number of aromatic nitrogens is 1. The normalized spacial score (nSPS) is 17.7. The van der Waals surface area contributed by atoms with E-state index in [1.807, 2.05) is 44.5 Å². The number of nitrogens with zero attached hydrogens (tertiary/aromatic N) is 3. The first-order valence-electron chi connectivity index (χ1n) is 19.8. The van der Waals surface area contributed by atoms with Gasteiger partial charge in [-0.15, -0.1) is 11.3 Å². The Balaban J connectivity index is 1.83. The maximum atomic E-state index is 14.5. The van der Waals surface area contributed by atoms with E-state index in [0.29, 0.717) is 43.0 Å². The Morgan fingerprint density at radius 2 is 1.81 bits per heavy atom. The summed E-state index contributed by atoms with van der Waals surface area (Å²) in [5, 5.41) is 18.6. The van der Waals surface area contributed by atoms with E-state index in [9.17, 15) is 24.3 Å². The van der Waals surface area contributed by atoms with Crippen molar-refractivity contribution in [3.8, 4) is 5.75 Å². The zero-order valence-electron chi connectivity index (χ0n) is 33.7. The number of aromatic hydroxyl groups is 1. The highest BCUT2D eigenvalue weighted by molar-refractivity contribution is 7.09. The van der Waals surface area contributed by atoms with Gasteiger partial charge in [0, 0.05) is 37.0 Å². The fourth-order valence-electron chi connectivity index (χ4n) is 7.10. The van der Waals surface area contributed by atoms with Crippen molar-refractivity contribution in [2.75, 3.05) is 33.3 Å². The van der Waals surface area contributed by atoms with E-state index in [2.05, 4.69) is 36.8 Å². The van der Waals surface area contributed by atoms with Gasteiger partial charge in [0.2, 0.25) is 17.7 Å². The van der Waals surface area contributed by atoms with E-state index >= 15 is 0 Å². The zero-order chi connectivity index (χ0) is 39.9. The predicted octanol–water partition coefficient (Wildman–Crippen LogP) is 5.05. The number of nitrogens with one attached hydrogen (secondary N) is 3. The molecular formula is C40H65N7O6S. The van der Waals surface area contributed by atoms with Crippen LogP contribution in [0.3, 0.4) is 0 Å². The summed E-state index contributed by atoms with van der Waals surface area (Å²) < 4.78 is 6.41. The highest BCUT2D eigenvalue weighted by Gasteiger charge is 2.37. The summed E-state index contributed by atoms with van der Waals surface area (Å²) in [4.78, 5) is 62.7. The highest BCUT2D eigenvalue weighted by Crippen LogP contribution is 2.35. The molecule has 302 valence electrons. The van der Waals surface area contributed by atoms with Crippen LogP contribution in [0.15, 0.2) is 23.6 Å². The molecule has 0 saturated heterocycles. The third kappa shape index (κ3) is 12.5. The van der Waals surface area contributed by atoms with Crippen molar-refractivity contribution in [1.82, 2.24) is 30.8 Å². The Labute approximate surface area is 326 Å². The summed E-state index contributed by atoms with van der Waals surface area (Å²) in [7, 11) is 1.93. The van der Waals surface area contributed by atoms with Crippen molar-refractivity contribution in [3.63, 3.8) is 0 Å². The second kappa shape index (κ2) is 22.1. The van der Waals surface area contributed by atoms with E-state index in [-0.39, 0.29) is 59.6 Å². The Hall–Kier alpha value is -3.59. The van der Waals surface area contributed by atoms with Gasteiger partial charge in [0.05, 0.1) is 12.5 Å². The predicted molar refractivity (Wildman–Crippen MR) is 213 cm³/mol. The molecule has 4 amide bonds. The second-order valence-corrected chi connectivity index (χ2v) is 16.0. The minimum Gasteiger partial charge on any atom is -0.508 e. The average molecular weight is 772 g/mol. The summed E-state index contributed by atoms with van der Waals surface area (Å²) in [6.07, 6.45) is 5.12.